The topological polar surface area (TPSA) is 71.4 Å². The van der Waals surface area contributed by atoms with Crippen molar-refractivity contribution in [1.82, 2.24) is 0 Å². The van der Waals surface area contributed by atoms with Gasteiger partial charge in [-0.1, -0.05) is 6.92 Å². The first-order chi connectivity index (χ1) is 6.07. The van der Waals surface area contributed by atoms with Gasteiger partial charge in [0.05, 0.1) is 0 Å². The van der Waals surface area contributed by atoms with Gasteiger partial charge in [0.2, 0.25) is 0 Å². The maximum Gasteiger partial charge on any atom is 0.303 e. The molecule has 0 saturated carbocycles. The van der Waals surface area contributed by atoms with Crippen molar-refractivity contribution >= 4 is 17.5 Å². The fourth-order valence-electron chi connectivity index (χ4n) is 0.898. The van der Waals surface area contributed by atoms with Crippen molar-refractivity contribution in [2.24, 2.45) is 0 Å². The number of ketones is 2. The van der Waals surface area contributed by atoms with Crippen LogP contribution in [0.4, 0.5) is 0 Å². The molecular formula is C9H14O4. The Balaban J connectivity index is 3.48. The number of rotatable bonds is 7. The highest BCUT2D eigenvalue weighted by Gasteiger charge is 2.10. The molecule has 0 aliphatic rings. The van der Waals surface area contributed by atoms with Crippen molar-refractivity contribution in [2.75, 3.05) is 0 Å². The van der Waals surface area contributed by atoms with Gasteiger partial charge in [-0.25, -0.2) is 0 Å². The molecule has 4 nitrogen and oxygen atoms in total. The van der Waals surface area contributed by atoms with Crippen LogP contribution in [0.3, 0.4) is 0 Å². The molecule has 0 aromatic rings. The van der Waals surface area contributed by atoms with E-state index in [1.54, 1.807) is 6.92 Å². The van der Waals surface area contributed by atoms with Gasteiger partial charge >= 0.3 is 5.97 Å². The van der Waals surface area contributed by atoms with Gasteiger partial charge in [0, 0.05) is 19.3 Å². The smallest absolute Gasteiger partial charge is 0.303 e. The zero-order chi connectivity index (χ0) is 10.3. The summed E-state index contributed by atoms with van der Waals surface area (Å²) in [6.07, 6.45) is 1.42. The lowest BCUT2D eigenvalue weighted by molar-refractivity contribution is -0.137. The third kappa shape index (κ3) is 6.02. The molecule has 0 amide bonds. The molecule has 0 aromatic heterocycles. The predicted molar refractivity (Wildman–Crippen MR) is 46.4 cm³/mol. The summed E-state index contributed by atoms with van der Waals surface area (Å²) in [4.78, 5) is 31.8. The monoisotopic (exact) mass is 186 g/mol. The molecule has 0 saturated heterocycles. The van der Waals surface area contributed by atoms with E-state index in [1.165, 1.54) is 0 Å². The molecule has 74 valence electrons. The van der Waals surface area contributed by atoms with E-state index in [9.17, 15) is 14.4 Å². The summed E-state index contributed by atoms with van der Waals surface area (Å²) < 4.78 is 0. The Morgan fingerprint density at radius 3 is 2.00 bits per heavy atom. The molecule has 0 rings (SSSR count). The first-order valence-corrected chi connectivity index (χ1v) is 4.35. The van der Waals surface area contributed by atoms with Crippen LogP contribution >= 0.6 is 0 Å². The number of unbranched alkanes of at least 4 members (excludes halogenated alkanes) is 1. The van der Waals surface area contributed by atoms with Crippen LogP contribution in [-0.4, -0.2) is 22.6 Å². The lowest BCUT2D eigenvalue weighted by Crippen LogP contribution is -2.11. The molecule has 0 bridgehead atoms. The highest BCUT2D eigenvalue weighted by atomic mass is 16.4. The van der Waals surface area contributed by atoms with Gasteiger partial charge in [-0.2, -0.15) is 0 Å². The fourth-order valence-corrected chi connectivity index (χ4v) is 0.898. The van der Waals surface area contributed by atoms with Crippen molar-refractivity contribution < 1.29 is 19.5 Å². The minimum absolute atomic E-state index is 0.0631. The highest BCUT2D eigenvalue weighted by molar-refractivity contribution is 6.37. The number of aliphatic carboxylic acids is 1. The molecule has 4 heteroatoms. The van der Waals surface area contributed by atoms with Crippen molar-refractivity contribution in [3.8, 4) is 0 Å². The van der Waals surface area contributed by atoms with E-state index in [4.69, 9.17) is 5.11 Å². The van der Waals surface area contributed by atoms with Crippen molar-refractivity contribution in [3.63, 3.8) is 0 Å². The standard InChI is InChI=1S/C9H14O4/c1-2-7(10)8(11)5-3-4-6-9(12)13/h2-6H2,1H3,(H,12,13). The second-order valence-corrected chi connectivity index (χ2v) is 2.80. The molecule has 0 atom stereocenters. The Bertz CT molecular complexity index is 208. The second-order valence-electron chi connectivity index (χ2n) is 2.80. The summed E-state index contributed by atoms with van der Waals surface area (Å²) in [5, 5.41) is 8.28. The van der Waals surface area contributed by atoms with Crippen LogP contribution in [0.1, 0.15) is 39.0 Å². The number of Topliss-reactive ketones (excluding diaryl/α,β-unsaturated/α-hetero) is 2. The number of carboxylic acid groups (broad SMARTS) is 1. The van der Waals surface area contributed by atoms with E-state index in [2.05, 4.69) is 0 Å². The molecule has 0 aliphatic heterocycles. The summed E-state index contributed by atoms with van der Waals surface area (Å²) in [7, 11) is 0. The SMILES string of the molecule is CCC(=O)C(=O)CCCCC(=O)O. The Hall–Kier alpha value is -1.19. The van der Waals surface area contributed by atoms with Crippen LogP contribution in [0.25, 0.3) is 0 Å². The summed E-state index contributed by atoms with van der Waals surface area (Å²) in [6.45, 7) is 1.64. The minimum Gasteiger partial charge on any atom is -0.481 e. The van der Waals surface area contributed by atoms with E-state index in [0.29, 0.717) is 12.8 Å². The number of hydrogen-bond donors (Lipinski definition) is 1. The maximum absolute atomic E-state index is 10.9. The van der Waals surface area contributed by atoms with Gasteiger partial charge in [-0.3, -0.25) is 14.4 Å². The quantitative estimate of drug-likeness (QED) is 0.478. The van der Waals surface area contributed by atoms with Gasteiger partial charge < -0.3 is 5.11 Å². The lowest BCUT2D eigenvalue weighted by Gasteiger charge is -1.96. The summed E-state index contributed by atoms with van der Waals surface area (Å²) in [6, 6.07) is 0. The van der Waals surface area contributed by atoms with Crippen LogP contribution in [0.5, 0.6) is 0 Å². The van der Waals surface area contributed by atoms with E-state index in [1.807, 2.05) is 0 Å². The van der Waals surface area contributed by atoms with Crippen LogP contribution < -0.4 is 0 Å². The van der Waals surface area contributed by atoms with Gasteiger partial charge in [0.25, 0.3) is 0 Å². The molecule has 0 heterocycles. The molecular weight excluding hydrogens is 172 g/mol. The molecule has 0 fully saturated rings. The largest absolute Gasteiger partial charge is 0.481 e. The van der Waals surface area contributed by atoms with Crippen molar-refractivity contribution in [3.05, 3.63) is 0 Å². The van der Waals surface area contributed by atoms with Crippen LogP contribution in [0.15, 0.2) is 0 Å². The molecule has 1 N–H and O–H groups in total. The Morgan fingerprint density at radius 1 is 1.00 bits per heavy atom. The Morgan fingerprint density at radius 2 is 1.54 bits per heavy atom. The summed E-state index contributed by atoms with van der Waals surface area (Å²) in [5.74, 6) is -1.61. The molecule has 0 aliphatic carbocycles. The highest BCUT2D eigenvalue weighted by Crippen LogP contribution is 2.01. The third-order valence-corrected chi connectivity index (χ3v) is 1.68. The molecule has 0 spiro atoms. The van der Waals surface area contributed by atoms with Gasteiger partial charge in [-0.05, 0) is 12.8 Å². The Labute approximate surface area is 76.9 Å². The first-order valence-electron chi connectivity index (χ1n) is 4.35. The van der Waals surface area contributed by atoms with Gasteiger partial charge in [0.15, 0.2) is 11.6 Å². The van der Waals surface area contributed by atoms with E-state index >= 15 is 0 Å². The van der Waals surface area contributed by atoms with Crippen molar-refractivity contribution in [1.29, 1.82) is 0 Å². The molecule has 0 aromatic carbocycles. The van der Waals surface area contributed by atoms with Crippen LogP contribution in [-0.2, 0) is 14.4 Å². The maximum atomic E-state index is 10.9. The average Bonchev–Trinajstić information content (AvgIpc) is 2.10. The zero-order valence-corrected chi connectivity index (χ0v) is 7.71. The lowest BCUT2D eigenvalue weighted by atomic mass is 10.1. The zero-order valence-electron chi connectivity index (χ0n) is 7.71. The van der Waals surface area contributed by atoms with Gasteiger partial charge in [-0.15, -0.1) is 0 Å². The first kappa shape index (κ1) is 11.8. The number of carbonyl (C=O) groups excluding carboxylic acids is 2. The normalized spacial score (nSPS) is 9.62. The third-order valence-electron chi connectivity index (χ3n) is 1.68. The second kappa shape index (κ2) is 6.34. The van der Waals surface area contributed by atoms with Crippen LogP contribution in [0, 0.1) is 0 Å². The summed E-state index contributed by atoms with van der Waals surface area (Å²) in [5.41, 5.74) is 0. The predicted octanol–water partition coefficient (Wildman–Crippen LogP) is 1.18. The van der Waals surface area contributed by atoms with Crippen molar-refractivity contribution in [2.45, 2.75) is 39.0 Å². The van der Waals surface area contributed by atoms with E-state index in [-0.39, 0.29) is 30.8 Å². The average molecular weight is 186 g/mol. The fraction of sp³-hybridized carbons (Fsp3) is 0.667. The number of hydrogen-bond acceptors (Lipinski definition) is 3. The van der Waals surface area contributed by atoms with E-state index in [0.717, 1.165) is 0 Å². The molecule has 0 radical (unpaired) electrons. The van der Waals surface area contributed by atoms with Gasteiger partial charge in [0.1, 0.15) is 0 Å². The minimum atomic E-state index is -0.866. The molecule has 0 unspecified atom stereocenters. The van der Waals surface area contributed by atoms with E-state index < -0.39 is 5.97 Å². The van der Waals surface area contributed by atoms with Crippen LogP contribution in [0.2, 0.25) is 0 Å². The number of carboxylic acids is 1. The summed E-state index contributed by atoms with van der Waals surface area (Å²) >= 11 is 0. The number of carbonyl (C=O) groups is 3. The Kier molecular flexibility index (Phi) is 5.76. The molecule has 13 heavy (non-hydrogen) atoms.